The smallest absolute Gasteiger partial charge is 0.243 e. The Morgan fingerprint density at radius 1 is 1.33 bits per heavy atom. The number of piperidine rings is 1. The van der Waals surface area contributed by atoms with Gasteiger partial charge < -0.3 is 13.9 Å². The topological polar surface area (TPSA) is 64.2 Å². The Bertz CT molecular complexity index is 906. The lowest BCUT2D eigenvalue weighted by Crippen LogP contribution is -2.40. The van der Waals surface area contributed by atoms with Crippen molar-refractivity contribution in [3.8, 4) is 0 Å². The lowest BCUT2D eigenvalue weighted by Gasteiger charge is -2.33. The number of carbonyl (C=O) groups excluding carboxylic acids is 1. The first-order valence-corrected chi connectivity index (χ1v) is 9.51. The number of hydrogen-bond donors (Lipinski definition) is 0. The van der Waals surface area contributed by atoms with Crippen LogP contribution < -0.4 is 0 Å². The van der Waals surface area contributed by atoms with Crippen LogP contribution in [0.15, 0.2) is 53.6 Å². The molecule has 1 aromatic carbocycles. The minimum atomic E-state index is -0.108. The summed E-state index contributed by atoms with van der Waals surface area (Å²) < 4.78 is 7.80. The minimum Gasteiger partial charge on any atom is -0.443 e. The highest BCUT2D eigenvalue weighted by atomic mass is 35.5. The SMILES string of the molecule is O=C(Cn1ccnc1)N1CCCC[C@@H]1c1ncc(Cc2cccc(Cl)c2)o1. The van der Waals surface area contributed by atoms with E-state index in [1.807, 2.05) is 29.2 Å². The molecule has 3 aromatic rings. The predicted molar refractivity (Wildman–Crippen MR) is 101 cm³/mol. The third-order valence-corrected chi connectivity index (χ3v) is 5.06. The summed E-state index contributed by atoms with van der Waals surface area (Å²) in [5, 5.41) is 0.704. The van der Waals surface area contributed by atoms with E-state index in [4.69, 9.17) is 16.0 Å². The van der Waals surface area contributed by atoms with Gasteiger partial charge in [0, 0.05) is 30.4 Å². The first-order chi connectivity index (χ1) is 13.2. The van der Waals surface area contributed by atoms with Gasteiger partial charge in [0.2, 0.25) is 11.8 Å². The van der Waals surface area contributed by atoms with Crippen molar-refractivity contribution in [2.45, 2.75) is 38.3 Å². The van der Waals surface area contributed by atoms with Crippen molar-refractivity contribution in [2.24, 2.45) is 0 Å². The van der Waals surface area contributed by atoms with Gasteiger partial charge in [0.1, 0.15) is 18.3 Å². The zero-order valence-electron chi connectivity index (χ0n) is 14.9. The van der Waals surface area contributed by atoms with E-state index in [0.29, 0.717) is 17.3 Å². The van der Waals surface area contributed by atoms with Crippen LogP contribution in [0.2, 0.25) is 5.02 Å². The molecule has 6 nitrogen and oxygen atoms in total. The Labute approximate surface area is 162 Å². The highest BCUT2D eigenvalue weighted by molar-refractivity contribution is 6.30. The van der Waals surface area contributed by atoms with E-state index in [2.05, 4.69) is 9.97 Å². The number of imidazole rings is 1. The van der Waals surface area contributed by atoms with Crippen molar-refractivity contribution < 1.29 is 9.21 Å². The Kier molecular flexibility index (Phi) is 5.25. The molecule has 27 heavy (non-hydrogen) atoms. The number of nitrogens with zero attached hydrogens (tertiary/aromatic N) is 4. The fourth-order valence-corrected chi connectivity index (χ4v) is 3.73. The third-order valence-electron chi connectivity index (χ3n) is 4.82. The largest absolute Gasteiger partial charge is 0.443 e. The van der Waals surface area contributed by atoms with Crippen LogP contribution in [0.3, 0.4) is 0 Å². The van der Waals surface area contributed by atoms with Gasteiger partial charge in [-0.1, -0.05) is 23.7 Å². The van der Waals surface area contributed by atoms with Gasteiger partial charge in [0.25, 0.3) is 0 Å². The minimum absolute atomic E-state index is 0.0623. The molecule has 1 aliphatic heterocycles. The summed E-state index contributed by atoms with van der Waals surface area (Å²) in [5.74, 6) is 1.46. The maximum Gasteiger partial charge on any atom is 0.243 e. The molecule has 1 aliphatic rings. The van der Waals surface area contributed by atoms with Crippen molar-refractivity contribution in [3.63, 3.8) is 0 Å². The number of oxazole rings is 1. The van der Waals surface area contributed by atoms with Gasteiger partial charge in [0.15, 0.2) is 0 Å². The monoisotopic (exact) mass is 384 g/mol. The van der Waals surface area contributed by atoms with Crippen molar-refractivity contribution in [1.29, 1.82) is 0 Å². The Balaban J connectivity index is 1.48. The maximum absolute atomic E-state index is 12.8. The Hall–Kier alpha value is -2.60. The third kappa shape index (κ3) is 4.22. The zero-order valence-corrected chi connectivity index (χ0v) is 15.7. The summed E-state index contributed by atoms with van der Waals surface area (Å²) in [5.41, 5.74) is 1.07. The molecular formula is C20H21ClN4O2. The lowest BCUT2D eigenvalue weighted by molar-refractivity contribution is -0.136. The van der Waals surface area contributed by atoms with E-state index in [0.717, 1.165) is 37.1 Å². The summed E-state index contributed by atoms with van der Waals surface area (Å²) in [6, 6.07) is 7.60. The number of hydrogen-bond acceptors (Lipinski definition) is 4. The number of likely N-dealkylation sites (tertiary alicyclic amines) is 1. The van der Waals surface area contributed by atoms with E-state index in [1.54, 1.807) is 29.5 Å². The van der Waals surface area contributed by atoms with E-state index in [-0.39, 0.29) is 18.5 Å². The number of benzene rings is 1. The maximum atomic E-state index is 12.8. The van der Waals surface area contributed by atoms with E-state index >= 15 is 0 Å². The molecule has 2 aromatic heterocycles. The molecule has 4 rings (SSSR count). The van der Waals surface area contributed by atoms with Crippen molar-refractivity contribution >= 4 is 17.5 Å². The summed E-state index contributed by atoms with van der Waals surface area (Å²) in [4.78, 5) is 23.1. The van der Waals surface area contributed by atoms with Crippen LogP contribution in [0.25, 0.3) is 0 Å². The van der Waals surface area contributed by atoms with Gasteiger partial charge in [-0.2, -0.15) is 0 Å². The van der Waals surface area contributed by atoms with Crippen LogP contribution in [0.4, 0.5) is 0 Å². The molecule has 0 saturated carbocycles. The van der Waals surface area contributed by atoms with Crippen molar-refractivity contribution in [2.75, 3.05) is 6.54 Å². The molecule has 1 saturated heterocycles. The van der Waals surface area contributed by atoms with Gasteiger partial charge in [-0.25, -0.2) is 9.97 Å². The normalized spacial score (nSPS) is 17.2. The molecular weight excluding hydrogens is 364 g/mol. The quantitative estimate of drug-likeness (QED) is 0.669. The summed E-state index contributed by atoms with van der Waals surface area (Å²) in [7, 11) is 0. The Morgan fingerprint density at radius 2 is 2.26 bits per heavy atom. The average Bonchev–Trinajstić information content (AvgIpc) is 3.34. The fourth-order valence-electron chi connectivity index (χ4n) is 3.52. The predicted octanol–water partition coefficient (Wildman–Crippen LogP) is 3.87. The second kappa shape index (κ2) is 7.96. The Morgan fingerprint density at radius 3 is 3.07 bits per heavy atom. The molecule has 0 N–H and O–H groups in total. The van der Waals surface area contributed by atoms with Gasteiger partial charge in [-0.15, -0.1) is 0 Å². The van der Waals surface area contributed by atoms with E-state index in [1.165, 1.54) is 0 Å². The number of amides is 1. The molecule has 0 bridgehead atoms. The molecule has 0 radical (unpaired) electrons. The molecule has 1 fully saturated rings. The zero-order chi connectivity index (χ0) is 18.6. The van der Waals surface area contributed by atoms with Crippen molar-refractivity contribution in [3.05, 3.63) is 71.4 Å². The highest BCUT2D eigenvalue weighted by Crippen LogP contribution is 2.31. The van der Waals surface area contributed by atoms with Crippen molar-refractivity contribution in [1.82, 2.24) is 19.4 Å². The van der Waals surface area contributed by atoms with Gasteiger partial charge in [-0.05, 0) is 37.0 Å². The molecule has 1 amide bonds. The van der Waals surface area contributed by atoms with Crippen LogP contribution in [-0.2, 0) is 17.8 Å². The summed E-state index contributed by atoms with van der Waals surface area (Å²) in [6.45, 7) is 1.01. The molecule has 0 unspecified atom stereocenters. The second-order valence-corrected chi connectivity index (χ2v) is 7.24. The van der Waals surface area contributed by atoms with Crippen LogP contribution >= 0.6 is 11.6 Å². The molecule has 7 heteroatoms. The lowest BCUT2D eigenvalue weighted by atomic mass is 10.0. The van der Waals surface area contributed by atoms with E-state index < -0.39 is 0 Å². The van der Waals surface area contributed by atoms with Crippen LogP contribution in [0, 0.1) is 0 Å². The van der Waals surface area contributed by atoms with Crippen LogP contribution in [-0.4, -0.2) is 31.9 Å². The van der Waals surface area contributed by atoms with Gasteiger partial charge in [0.05, 0.1) is 12.5 Å². The number of rotatable bonds is 5. The fraction of sp³-hybridized carbons (Fsp3) is 0.350. The summed E-state index contributed by atoms with van der Waals surface area (Å²) >= 11 is 6.05. The summed E-state index contributed by atoms with van der Waals surface area (Å²) in [6.07, 6.45) is 10.4. The van der Waals surface area contributed by atoms with E-state index in [9.17, 15) is 4.79 Å². The highest BCUT2D eigenvalue weighted by Gasteiger charge is 2.31. The molecule has 0 aliphatic carbocycles. The second-order valence-electron chi connectivity index (χ2n) is 6.81. The van der Waals surface area contributed by atoms with Gasteiger partial charge >= 0.3 is 0 Å². The number of aromatic nitrogens is 3. The number of halogens is 1. The van der Waals surface area contributed by atoms with Crippen LogP contribution in [0.1, 0.15) is 42.5 Å². The molecule has 1 atom stereocenters. The molecule has 3 heterocycles. The molecule has 0 spiro atoms. The first kappa shape index (κ1) is 17.8. The average molecular weight is 385 g/mol. The number of carbonyl (C=O) groups is 1. The standard InChI is InChI=1S/C20H21ClN4O2/c21-16-5-3-4-15(10-16)11-17-12-23-20(27-17)18-6-1-2-8-25(18)19(26)13-24-9-7-22-14-24/h3-5,7,9-10,12,14,18H,1-2,6,8,11,13H2/t18-/m1/s1. The molecule has 140 valence electrons. The van der Waals surface area contributed by atoms with Crippen LogP contribution in [0.5, 0.6) is 0 Å². The van der Waals surface area contributed by atoms with Gasteiger partial charge in [-0.3, -0.25) is 4.79 Å². The first-order valence-electron chi connectivity index (χ1n) is 9.13.